The molecule has 1 aromatic heterocycles. The van der Waals surface area contributed by atoms with E-state index in [0.29, 0.717) is 34.2 Å². The van der Waals surface area contributed by atoms with Crippen LogP contribution in [0.25, 0.3) is 5.76 Å². The SMILES string of the molecule is CCOc1ccc(/C(O)=C2/C(=O)C(=O)N(Cc3ccccn3)C2c2ccc(Cl)cc2)cc1C. The molecule has 2 aromatic carbocycles. The number of hydrogen-bond acceptors (Lipinski definition) is 5. The van der Waals surface area contributed by atoms with E-state index < -0.39 is 17.7 Å². The van der Waals surface area contributed by atoms with E-state index in [0.717, 1.165) is 5.56 Å². The van der Waals surface area contributed by atoms with Gasteiger partial charge in [0.1, 0.15) is 11.5 Å². The molecule has 1 amide bonds. The lowest BCUT2D eigenvalue weighted by molar-refractivity contribution is -0.140. The van der Waals surface area contributed by atoms with Crippen LogP contribution in [0.15, 0.2) is 72.4 Å². The summed E-state index contributed by atoms with van der Waals surface area (Å²) in [6.07, 6.45) is 1.63. The third-order valence-electron chi connectivity index (χ3n) is 5.53. The molecule has 1 saturated heterocycles. The second kappa shape index (κ2) is 9.46. The van der Waals surface area contributed by atoms with Crippen LogP contribution in [-0.4, -0.2) is 33.3 Å². The number of aryl methyl sites for hydroxylation is 1. The number of rotatable bonds is 6. The number of amides is 1. The highest BCUT2D eigenvalue weighted by molar-refractivity contribution is 6.46. The van der Waals surface area contributed by atoms with Gasteiger partial charge in [0.25, 0.3) is 11.7 Å². The molecule has 1 unspecified atom stereocenters. The van der Waals surface area contributed by atoms with Gasteiger partial charge >= 0.3 is 0 Å². The third-order valence-corrected chi connectivity index (χ3v) is 5.78. The molecule has 0 bridgehead atoms. The summed E-state index contributed by atoms with van der Waals surface area (Å²) in [5, 5.41) is 11.8. The van der Waals surface area contributed by atoms with Crippen molar-refractivity contribution in [1.82, 2.24) is 9.88 Å². The summed E-state index contributed by atoms with van der Waals surface area (Å²) in [5.41, 5.74) is 2.58. The number of aliphatic hydroxyl groups excluding tert-OH is 1. The van der Waals surface area contributed by atoms with Crippen molar-refractivity contribution in [1.29, 1.82) is 0 Å². The first-order chi connectivity index (χ1) is 15.9. The Labute approximate surface area is 197 Å². The van der Waals surface area contributed by atoms with Crippen LogP contribution in [0, 0.1) is 6.92 Å². The molecule has 0 radical (unpaired) electrons. The highest BCUT2D eigenvalue weighted by Crippen LogP contribution is 2.40. The van der Waals surface area contributed by atoms with Crippen molar-refractivity contribution in [3.8, 4) is 5.75 Å². The summed E-state index contributed by atoms with van der Waals surface area (Å²) in [6, 6.07) is 16.7. The highest BCUT2D eigenvalue weighted by atomic mass is 35.5. The molecule has 0 spiro atoms. The van der Waals surface area contributed by atoms with Crippen molar-refractivity contribution in [3.05, 3.63) is 99.8 Å². The van der Waals surface area contributed by atoms with E-state index in [-0.39, 0.29) is 17.9 Å². The van der Waals surface area contributed by atoms with Gasteiger partial charge in [0.15, 0.2) is 0 Å². The first-order valence-electron chi connectivity index (χ1n) is 10.6. The lowest BCUT2D eigenvalue weighted by atomic mass is 9.94. The number of aromatic nitrogens is 1. The predicted octanol–water partition coefficient (Wildman–Crippen LogP) is 5.06. The van der Waals surface area contributed by atoms with Gasteiger partial charge in [-0.3, -0.25) is 14.6 Å². The second-order valence-electron chi connectivity index (χ2n) is 7.71. The monoisotopic (exact) mass is 462 g/mol. The standard InChI is InChI=1S/C26H23ClN2O4/c1-3-33-21-12-9-18(14-16(21)2)24(30)22-23(17-7-10-19(27)11-8-17)29(26(32)25(22)31)15-20-6-4-5-13-28-20/h4-14,23,30H,3,15H2,1-2H3/b24-22-. The molecule has 1 fully saturated rings. The van der Waals surface area contributed by atoms with Crippen molar-refractivity contribution in [2.45, 2.75) is 26.4 Å². The maximum atomic E-state index is 13.1. The van der Waals surface area contributed by atoms with E-state index in [1.807, 2.05) is 19.9 Å². The number of halogens is 1. The smallest absolute Gasteiger partial charge is 0.296 e. The van der Waals surface area contributed by atoms with E-state index in [9.17, 15) is 14.7 Å². The number of carbonyl (C=O) groups is 2. The van der Waals surface area contributed by atoms with Crippen molar-refractivity contribution < 1.29 is 19.4 Å². The van der Waals surface area contributed by atoms with Crippen LogP contribution >= 0.6 is 11.6 Å². The number of likely N-dealkylation sites (tertiary alicyclic amines) is 1. The summed E-state index contributed by atoms with van der Waals surface area (Å²) >= 11 is 6.06. The number of ketones is 1. The van der Waals surface area contributed by atoms with Crippen molar-refractivity contribution >= 4 is 29.1 Å². The van der Waals surface area contributed by atoms with Gasteiger partial charge in [-0.15, -0.1) is 0 Å². The number of carbonyl (C=O) groups excluding carboxylic acids is 2. The summed E-state index contributed by atoms with van der Waals surface area (Å²) in [5.74, 6) is -0.971. The van der Waals surface area contributed by atoms with Crippen molar-refractivity contribution in [2.24, 2.45) is 0 Å². The zero-order valence-corrected chi connectivity index (χ0v) is 19.0. The number of hydrogen-bond donors (Lipinski definition) is 1. The van der Waals surface area contributed by atoms with Crippen LogP contribution in [0.1, 0.15) is 35.3 Å². The van der Waals surface area contributed by atoms with Crippen LogP contribution in [0.2, 0.25) is 5.02 Å². The lowest BCUT2D eigenvalue weighted by Gasteiger charge is -2.25. The Kier molecular flexibility index (Phi) is 6.47. The Bertz CT molecular complexity index is 1220. The molecule has 1 aliphatic rings. The van der Waals surface area contributed by atoms with Gasteiger partial charge in [-0.1, -0.05) is 29.8 Å². The zero-order valence-electron chi connectivity index (χ0n) is 18.3. The summed E-state index contributed by atoms with van der Waals surface area (Å²) in [7, 11) is 0. The van der Waals surface area contributed by atoms with Gasteiger partial charge < -0.3 is 14.7 Å². The fourth-order valence-electron chi connectivity index (χ4n) is 3.97. The van der Waals surface area contributed by atoms with E-state index in [1.54, 1.807) is 60.8 Å². The summed E-state index contributed by atoms with van der Waals surface area (Å²) in [6.45, 7) is 4.39. The predicted molar refractivity (Wildman–Crippen MR) is 126 cm³/mol. The molecule has 1 atom stereocenters. The molecule has 0 aliphatic carbocycles. The number of benzene rings is 2. The molecule has 1 N–H and O–H groups in total. The fraction of sp³-hybridized carbons (Fsp3) is 0.192. The first kappa shape index (κ1) is 22.6. The van der Waals surface area contributed by atoms with Crippen LogP contribution < -0.4 is 4.74 Å². The normalized spacial score (nSPS) is 17.4. The minimum absolute atomic E-state index is 0.0295. The molecule has 3 aromatic rings. The Morgan fingerprint density at radius 1 is 1.12 bits per heavy atom. The number of nitrogens with zero attached hydrogens (tertiary/aromatic N) is 2. The van der Waals surface area contributed by atoms with Gasteiger partial charge in [-0.05, 0) is 67.4 Å². The van der Waals surface area contributed by atoms with Gasteiger partial charge in [0.05, 0.1) is 30.5 Å². The Morgan fingerprint density at radius 3 is 2.52 bits per heavy atom. The highest BCUT2D eigenvalue weighted by Gasteiger charge is 2.46. The number of ether oxygens (including phenoxy) is 1. The number of Topliss-reactive ketones (excluding diaryl/α,β-unsaturated/α-hetero) is 1. The Hall–Kier alpha value is -3.64. The maximum Gasteiger partial charge on any atom is 0.296 e. The number of pyridine rings is 1. The van der Waals surface area contributed by atoms with Gasteiger partial charge in [0, 0.05) is 16.8 Å². The zero-order chi connectivity index (χ0) is 23.5. The molecule has 7 heteroatoms. The van der Waals surface area contributed by atoms with Crippen molar-refractivity contribution in [3.63, 3.8) is 0 Å². The van der Waals surface area contributed by atoms with Gasteiger partial charge in [-0.2, -0.15) is 0 Å². The van der Waals surface area contributed by atoms with Crippen LogP contribution in [0.4, 0.5) is 0 Å². The lowest BCUT2D eigenvalue weighted by Crippen LogP contribution is -2.29. The largest absolute Gasteiger partial charge is 0.507 e. The van der Waals surface area contributed by atoms with Gasteiger partial charge in [0.2, 0.25) is 0 Å². The molecular formula is C26H23ClN2O4. The minimum atomic E-state index is -0.781. The van der Waals surface area contributed by atoms with Crippen molar-refractivity contribution in [2.75, 3.05) is 6.61 Å². The Morgan fingerprint density at radius 2 is 1.88 bits per heavy atom. The molecule has 4 rings (SSSR count). The Balaban J connectivity index is 1.84. The topological polar surface area (TPSA) is 79.7 Å². The molecule has 0 saturated carbocycles. The van der Waals surface area contributed by atoms with E-state index in [2.05, 4.69) is 4.98 Å². The maximum absolute atomic E-state index is 13.1. The van der Waals surface area contributed by atoms with E-state index in [1.165, 1.54) is 4.90 Å². The minimum Gasteiger partial charge on any atom is -0.507 e. The first-order valence-corrected chi connectivity index (χ1v) is 11.0. The quantitative estimate of drug-likeness (QED) is 0.314. The summed E-state index contributed by atoms with van der Waals surface area (Å²) in [4.78, 5) is 31.9. The average Bonchev–Trinajstić information content (AvgIpc) is 3.06. The van der Waals surface area contributed by atoms with E-state index >= 15 is 0 Å². The molecule has 6 nitrogen and oxygen atoms in total. The number of aliphatic hydroxyl groups is 1. The van der Waals surface area contributed by atoms with Crippen LogP contribution in [0.3, 0.4) is 0 Å². The molecule has 33 heavy (non-hydrogen) atoms. The molecule has 2 heterocycles. The molecule has 168 valence electrons. The van der Waals surface area contributed by atoms with Crippen LogP contribution in [-0.2, 0) is 16.1 Å². The van der Waals surface area contributed by atoms with E-state index in [4.69, 9.17) is 16.3 Å². The molecule has 1 aliphatic heterocycles. The fourth-order valence-corrected chi connectivity index (χ4v) is 4.10. The van der Waals surface area contributed by atoms with Gasteiger partial charge in [-0.25, -0.2) is 0 Å². The summed E-state index contributed by atoms with van der Waals surface area (Å²) < 4.78 is 5.57. The average molecular weight is 463 g/mol. The third kappa shape index (κ3) is 4.47. The second-order valence-corrected chi connectivity index (χ2v) is 8.15. The van der Waals surface area contributed by atoms with Crippen LogP contribution in [0.5, 0.6) is 5.75 Å². The molecular weight excluding hydrogens is 440 g/mol.